The largest absolute Gasteiger partial charge is 0.373 e. The third-order valence-corrected chi connectivity index (χ3v) is 3.00. The summed E-state index contributed by atoms with van der Waals surface area (Å²) >= 11 is 3.43. The van der Waals surface area contributed by atoms with Crippen molar-refractivity contribution in [2.24, 2.45) is 5.73 Å². The second-order valence-electron chi connectivity index (χ2n) is 3.79. The summed E-state index contributed by atoms with van der Waals surface area (Å²) in [5.41, 5.74) is 6.88. The summed E-state index contributed by atoms with van der Waals surface area (Å²) in [5, 5.41) is 0. The summed E-state index contributed by atoms with van der Waals surface area (Å²) in [5.74, 6) is 0. The van der Waals surface area contributed by atoms with Crippen LogP contribution in [0, 0.1) is 0 Å². The van der Waals surface area contributed by atoms with Gasteiger partial charge in [0.1, 0.15) is 0 Å². The molecule has 0 bridgehead atoms. The molecule has 0 aliphatic heterocycles. The summed E-state index contributed by atoms with van der Waals surface area (Å²) in [4.78, 5) is 0. The lowest BCUT2D eigenvalue weighted by atomic mass is 9.90. The Morgan fingerprint density at radius 3 is 2.86 bits per heavy atom. The first-order valence-corrected chi connectivity index (χ1v) is 5.65. The molecule has 2 nitrogen and oxygen atoms in total. The first kappa shape index (κ1) is 10.1. The molecule has 14 heavy (non-hydrogen) atoms. The number of nitrogens with two attached hydrogens (primary N) is 1. The number of rotatable bonds is 3. The van der Waals surface area contributed by atoms with Gasteiger partial charge in [-0.15, -0.1) is 0 Å². The number of hydrogen-bond donors (Lipinski definition) is 1. The molecule has 2 N–H and O–H groups in total. The van der Waals surface area contributed by atoms with Gasteiger partial charge in [-0.25, -0.2) is 0 Å². The van der Waals surface area contributed by atoms with Gasteiger partial charge < -0.3 is 10.5 Å². The maximum Gasteiger partial charge on any atom is 0.0721 e. The van der Waals surface area contributed by atoms with Crippen molar-refractivity contribution in [2.75, 3.05) is 0 Å². The van der Waals surface area contributed by atoms with E-state index in [4.69, 9.17) is 10.5 Å². The Kier molecular flexibility index (Phi) is 3.21. The molecular weight excluding hydrogens is 242 g/mol. The van der Waals surface area contributed by atoms with Crippen LogP contribution in [0.25, 0.3) is 0 Å². The molecule has 76 valence electrons. The van der Waals surface area contributed by atoms with Crippen LogP contribution in [-0.2, 0) is 11.3 Å². The maximum atomic E-state index is 5.69. The first-order valence-electron chi connectivity index (χ1n) is 4.85. The summed E-state index contributed by atoms with van der Waals surface area (Å²) in [6, 6.07) is 8.56. The van der Waals surface area contributed by atoms with Crippen molar-refractivity contribution >= 4 is 15.9 Å². The van der Waals surface area contributed by atoms with E-state index in [1.807, 2.05) is 12.1 Å². The Bertz CT molecular complexity index is 310. The fourth-order valence-corrected chi connectivity index (χ4v) is 2.03. The highest BCUT2D eigenvalue weighted by atomic mass is 79.9. The lowest BCUT2D eigenvalue weighted by Gasteiger charge is -2.32. The Hall–Kier alpha value is -0.380. The molecule has 0 spiro atoms. The van der Waals surface area contributed by atoms with Crippen LogP contribution in [0.3, 0.4) is 0 Å². The van der Waals surface area contributed by atoms with E-state index in [0.29, 0.717) is 18.8 Å². The van der Waals surface area contributed by atoms with Crippen molar-refractivity contribution < 1.29 is 4.74 Å². The summed E-state index contributed by atoms with van der Waals surface area (Å²) in [7, 11) is 0. The zero-order valence-corrected chi connectivity index (χ0v) is 9.53. The van der Waals surface area contributed by atoms with Crippen LogP contribution < -0.4 is 5.73 Å². The van der Waals surface area contributed by atoms with Gasteiger partial charge in [0, 0.05) is 10.5 Å². The molecular formula is C11H14BrNO. The van der Waals surface area contributed by atoms with E-state index < -0.39 is 0 Å². The second-order valence-corrected chi connectivity index (χ2v) is 4.71. The molecule has 0 aromatic heterocycles. The number of halogens is 1. The minimum Gasteiger partial charge on any atom is -0.373 e. The Labute approximate surface area is 92.6 Å². The van der Waals surface area contributed by atoms with Gasteiger partial charge in [0.15, 0.2) is 0 Å². The summed E-state index contributed by atoms with van der Waals surface area (Å²) < 4.78 is 6.79. The number of benzene rings is 1. The van der Waals surface area contributed by atoms with Crippen LogP contribution in [-0.4, -0.2) is 12.1 Å². The predicted molar refractivity (Wildman–Crippen MR) is 59.9 cm³/mol. The van der Waals surface area contributed by atoms with Crippen LogP contribution >= 0.6 is 15.9 Å². The summed E-state index contributed by atoms with van der Waals surface area (Å²) in [6.45, 7) is 0.691. The third kappa shape index (κ3) is 2.56. The van der Waals surface area contributed by atoms with E-state index in [0.717, 1.165) is 17.3 Å². The van der Waals surface area contributed by atoms with Crippen LogP contribution in [0.5, 0.6) is 0 Å². The average Bonchev–Trinajstić information content (AvgIpc) is 2.11. The fraction of sp³-hybridized carbons (Fsp3) is 0.455. The van der Waals surface area contributed by atoms with E-state index >= 15 is 0 Å². The highest BCUT2D eigenvalue weighted by Gasteiger charge is 2.26. The van der Waals surface area contributed by atoms with Crippen LogP contribution in [0.1, 0.15) is 18.4 Å². The van der Waals surface area contributed by atoms with Gasteiger partial charge in [-0.05, 0) is 30.5 Å². The highest BCUT2D eigenvalue weighted by Crippen LogP contribution is 2.22. The molecule has 1 aromatic carbocycles. The van der Waals surface area contributed by atoms with E-state index in [2.05, 4.69) is 28.1 Å². The number of ether oxygens (including phenoxy) is 1. The molecule has 1 fully saturated rings. The lowest BCUT2D eigenvalue weighted by molar-refractivity contribution is -0.0188. The molecule has 1 aliphatic rings. The first-order chi connectivity index (χ1) is 6.74. The van der Waals surface area contributed by atoms with Gasteiger partial charge in [-0.3, -0.25) is 0 Å². The smallest absolute Gasteiger partial charge is 0.0721 e. The van der Waals surface area contributed by atoms with E-state index in [1.165, 1.54) is 5.56 Å². The predicted octanol–water partition coefficient (Wildman–Crippen LogP) is 2.46. The van der Waals surface area contributed by atoms with Gasteiger partial charge in [0.25, 0.3) is 0 Å². The van der Waals surface area contributed by atoms with Crippen molar-refractivity contribution in [3.05, 3.63) is 34.3 Å². The topological polar surface area (TPSA) is 35.2 Å². The van der Waals surface area contributed by atoms with Crippen molar-refractivity contribution in [3.8, 4) is 0 Å². The van der Waals surface area contributed by atoms with Crippen LogP contribution in [0.2, 0.25) is 0 Å². The Morgan fingerprint density at radius 2 is 2.21 bits per heavy atom. The molecule has 0 atom stereocenters. The minimum atomic E-state index is 0.363. The third-order valence-electron chi connectivity index (χ3n) is 2.51. The second kappa shape index (κ2) is 4.43. The molecule has 0 radical (unpaired) electrons. The minimum absolute atomic E-state index is 0.363. The van der Waals surface area contributed by atoms with E-state index in [1.54, 1.807) is 0 Å². The monoisotopic (exact) mass is 255 g/mol. The van der Waals surface area contributed by atoms with E-state index in [-0.39, 0.29) is 0 Å². The Morgan fingerprint density at radius 1 is 1.43 bits per heavy atom. The van der Waals surface area contributed by atoms with Gasteiger partial charge in [0.05, 0.1) is 12.7 Å². The van der Waals surface area contributed by atoms with Crippen molar-refractivity contribution in [1.29, 1.82) is 0 Å². The molecule has 0 amide bonds. The van der Waals surface area contributed by atoms with Crippen molar-refractivity contribution in [2.45, 2.75) is 31.6 Å². The maximum absolute atomic E-state index is 5.69. The van der Waals surface area contributed by atoms with Gasteiger partial charge >= 0.3 is 0 Å². The van der Waals surface area contributed by atoms with Crippen LogP contribution in [0.4, 0.5) is 0 Å². The molecule has 3 heteroatoms. The standard InChI is InChI=1S/C11H14BrNO/c12-9-3-1-2-8(4-9)7-14-11-5-10(13)6-11/h1-4,10-11H,5-7,13H2. The van der Waals surface area contributed by atoms with E-state index in [9.17, 15) is 0 Å². The van der Waals surface area contributed by atoms with Gasteiger partial charge in [0.2, 0.25) is 0 Å². The van der Waals surface area contributed by atoms with Crippen molar-refractivity contribution in [3.63, 3.8) is 0 Å². The molecule has 2 rings (SSSR count). The molecule has 1 saturated carbocycles. The molecule has 0 unspecified atom stereocenters. The van der Waals surface area contributed by atoms with Crippen LogP contribution in [0.15, 0.2) is 28.7 Å². The summed E-state index contributed by atoms with van der Waals surface area (Å²) in [6.07, 6.45) is 2.39. The molecule has 1 aliphatic carbocycles. The average molecular weight is 256 g/mol. The zero-order valence-electron chi connectivity index (χ0n) is 7.95. The van der Waals surface area contributed by atoms with Crippen molar-refractivity contribution in [1.82, 2.24) is 0 Å². The SMILES string of the molecule is NC1CC(OCc2cccc(Br)c2)C1. The molecule has 0 saturated heterocycles. The lowest BCUT2D eigenvalue weighted by Crippen LogP contribution is -2.41. The highest BCUT2D eigenvalue weighted by molar-refractivity contribution is 9.10. The fourth-order valence-electron chi connectivity index (χ4n) is 1.58. The normalized spacial score (nSPS) is 25.9. The quantitative estimate of drug-likeness (QED) is 0.901. The molecule has 1 aromatic rings. The zero-order chi connectivity index (χ0) is 9.97. The molecule has 0 heterocycles. The van der Waals surface area contributed by atoms with Gasteiger partial charge in [-0.2, -0.15) is 0 Å². The van der Waals surface area contributed by atoms with Gasteiger partial charge in [-0.1, -0.05) is 28.1 Å². The Balaban J connectivity index is 1.80. The number of hydrogen-bond acceptors (Lipinski definition) is 2.